The van der Waals surface area contributed by atoms with E-state index in [4.69, 9.17) is 4.74 Å². The van der Waals surface area contributed by atoms with Gasteiger partial charge < -0.3 is 20.5 Å². The fraction of sp³-hybridized carbons (Fsp3) is 0.400. The summed E-state index contributed by atoms with van der Waals surface area (Å²) in [7, 11) is 0. The van der Waals surface area contributed by atoms with Gasteiger partial charge in [0.2, 0.25) is 0 Å². The third-order valence-corrected chi connectivity index (χ3v) is 8.84. The molecule has 1 fully saturated rings. The molecule has 200 valence electrons. The van der Waals surface area contributed by atoms with Gasteiger partial charge in [-0.1, -0.05) is 57.2 Å². The second-order valence-corrected chi connectivity index (χ2v) is 12.0. The van der Waals surface area contributed by atoms with Gasteiger partial charge in [0, 0.05) is 29.4 Å². The van der Waals surface area contributed by atoms with Crippen molar-refractivity contribution in [1.29, 1.82) is 0 Å². The number of carboxylic acid groups (broad SMARTS) is 1. The number of benzene rings is 2. The van der Waals surface area contributed by atoms with Gasteiger partial charge in [-0.2, -0.15) is 0 Å². The molecule has 3 aromatic rings. The van der Waals surface area contributed by atoms with Crippen molar-refractivity contribution in [3.05, 3.63) is 63.9 Å². The van der Waals surface area contributed by atoms with E-state index in [1.54, 1.807) is 6.07 Å². The Kier molecular flexibility index (Phi) is 7.56. The van der Waals surface area contributed by atoms with Crippen molar-refractivity contribution in [3.63, 3.8) is 0 Å². The van der Waals surface area contributed by atoms with E-state index in [1.165, 1.54) is 28.9 Å². The Bertz CT molecular complexity index is 1380. The molecule has 7 nitrogen and oxygen atoms in total. The summed E-state index contributed by atoms with van der Waals surface area (Å²) in [6, 6.07) is 13.9. The maximum absolute atomic E-state index is 13.0. The summed E-state index contributed by atoms with van der Waals surface area (Å²) in [6.07, 6.45) is 5.77. The van der Waals surface area contributed by atoms with Crippen molar-refractivity contribution < 1.29 is 19.4 Å². The molecule has 1 aromatic heterocycles. The monoisotopic (exact) mass is 533 g/mol. The van der Waals surface area contributed by atoms with E-state index in [0.717, 1.165) is 54.8 Å². The number of rotatable bonds is 5. The molecule has 1 aliphatic heterocycles. The summed E-state index contributed by atoms with van der Waals surface area (Å²) in [5, 5.41) is 17.4. The van der Waals surface area contributed by atoms with Crippen LogP contribution in [0.15, 0.2) is 48.5 Å². The Hall–Kier alpha value is -3.20. The van der Waals surface area contributed by atoms with Crippen molar-refractivity contribution in [2.24, 2.45) is 0 Å². The van der Waals surface area contributed by atoms with Crippen LogP contribution in [0.2, 0.25) is 0 Å². The lowest BCUT2D eigenvalue weighted by atomic mass is 9.87. The largest absolute Gasteiger partial charge is 0.477 e. The number of hydrogen-bond acceptors (Lipinski definition) is 5. The maximum atomic E-state index is 13.0. The van der Waals surface area contributed by atoms with Crippen molar-refractivity contribution in [2.45, 2.75) is 51.5 Å². The number of fused-ring (bicyclic) bond motifs is 1. The second-order valence-electron chi connectivity index (χ2n) is 11.0. The molecule has 0 spiro atoms. The molecule has 1 saturated heterocycles. The highest BCUT2D eigenvalue weighted by molar-refractivity contribution is 7.14. The van der Waals surface area contributed by atoms with Crippen LogP contribution in [0.25, 0.3) is 16.3 Å². The summed E-state index contributed by atoms with van der Waals surface area (Å²) in [5.41, 5.74) is 3.33. The number of nitrogens with zero attached hydrogens (tertiary/aromatic N) is 1. The molecular weight excluding hydrogens is 498 g/mol. The highest BCUT2D eigenvalue weighted by atomic mass is 32.1. The molecule has 38 heavy (non-hydrogen) atoms. The van der Waals surface area contributed by atoms with Gasteiger partial charge >= 0.3 is 12.0 Å². The third-order valence-electron chi connectivity index (χ3n) is 7.29. The van der Waals surface area contributed by atoms with Crippen LogP contribution in [0.4, 0.5) is 16.2 Å². The smallest absolute Gasteiger partial charge is 0.348 e. The second kappa shape index (κ2) is 10.9. The number of nitrogens with one attached hydrogen (secondary N) is 2. The van der Waals surface area contributed by atoms with Crippen LogP contribution in [0.1, 0.15) is 60.1 Å². The van der Waals surface area contributed by atoms with E-state index < -0.39 is 12.0 Å². The van der Waals surface area contributed by atoms with Crippen LogP contribution < -0.4 is 10.6 Å². The molecule has 3 N–H and O–H groups in total. The predicted molar refractivity (Wildman–Crippen MR) is 155 cm³/mol. The van der Waals surface area contributed by atoms with E-state index in [0.29, 0.717) is 17.4 Å². The number of morpholine rings is 1. The Labute approximate surface area is 227 Å². The SMILES string of the molecule is CC(C)(C)c1cc(NC(=O)Nc2ccc(C3=CC(N4CCOCC4)CCC3)c3ccccc23)c(C(=O)O)s1. The summed E-state index contributed by atoms with van der Waals surface area (Å²) >= 11 is 1.19. The summed E-state index contributed by atoms with van der Waals surface area (Å²) < 4.78 is 5.55. The number of aromatic carboxylic acids is 1. The standard InChI is InChI=1S/C30H35N3O4S/c1-30(2,3)26-18-25(27(38-26)28(34)35)32-29(36)31-24-12-11-21(22-9-4-5-10-23(22)24)19-7-6-8-20(17-19)33-13-15-37-16-14-33/h4-5,9-12,17-18,20H,6-8,13-16H2,1-3H3,(H,34,35)(H2,31,32,36). The predicted octanol–water partition coefficient (Wildman–Crippen LogP) is 6.81. The summed E-state index contributed by atoms with van der Waals surface area (Å²) in [4.78, 5) is 28.4. The van der Waals surface area contributed by atoms with Crippen molar-refractivity contribution in [3.8, 4) is 0 Å². The van der Waals surface area contributed by atoms with E-state index in [9.17, 15) is 14.7 Å². The number of carboxylic acids is 1. The van der Waals surface area contributed by atoms with Gasteiger partial charge in [-0.05, 0) is 53.3 Å². The van der Waals surface area contributed by atoms with Crippen molar-refractivity contribution in [2.75, 3.05) is 36.9 Å². The molecule has 1 unspecified atom stereocenters. The molecule has 1 atom stereocenters. The van der Waals surface area contributed by atoms with Crippen LogP contribution in [0.3, 0.4) is 0 Å². The maximum Gasteiger partial charge on any atom is 0.348 e. The van der Waals surface area contributed by atoms with E-state index in [2.05, 4.69) is 33.7 Å². The zero-order valence-corrected chi connectivity index (χ0v) is 23.0. The van der Waals surface area contributed by atoms with Gasteiger partial charge in [0.25, 0.3) is 0 Å². The number of allylic oxidation sites excluding steroid dienone is 1. The Morgan fingerprint density at radius 3 is 2.45 bits per heavy atom. The Morgan fingerprint density at radius 1 is 1.03 bits per heavy atom. The zero-order valence-electron chi connectivity index (χ0n) is 22.2. The molecule has 0 saturated carbocycles. The van der Waals surface area contributed by atoms with Crippen molar-refractivity contribution in [1.82, 2.24) is 4.90 Å². The van der Waals surface area contributed by atoms with Gasteiger partial charge in [0.05, 0.1) is 24.6 Å². The van der Waals surface area contributed by atoms with Crippen LogP contribution in [-0.2, 0) is 10.2 Å². The molecule has 2 heterocycles. The quantitative estimate of drug-likeness (QED) is 0.335. The summed E-state index contributed by atoms with van der Waals surface area (Å²) in [5.74, 6) is -1.05. The minimum Gasteiger partial charge on any atom is -0.477 e. The van der Waals surface area contributed by atoms with Gasteiger partial charge in [0.1, 0.15) is 4.88 Å². The fourth-order valence-electron chi connectivity index (χ4n) is 5.30. The molecule has 0 bridgehead atoms. The molecular formula is C30H35N3O4S. The molecule has 0 radical (unpaired) electrons. The highest BCUT2D eigenvalue weighted by Gasteiger charge is 2.25. The number of anilines is 2. The number of amides is 2. The average molecular weight is 534 g/mol. The van der Waals surface area contributed by atoms with Gasteiger partial charge in [-0.25, -0.2) is 9.59 Å². The van der Waals surface area contributed by atoms with Crippen LogP contribution in [0, 0.1) is 0 Å². The lowest BCUT2D eigenvalue weighted by Crippen LogP contribution is -2.43. The molecule has 8 heteroatoms. The minimum atomic E-state index is -1.05. The van der Waals surface area contributed by atoms with Crippen LogP contribution >= 0.6 is 11.3 Å². The lowest BCUT2D eigenvalue weighted by molar-refractivity contribution is 0.0234. The average Bonchev–Trinajstić information content (AvgIpc) is 3.34. The Balaban J connectivity index is 1.40. The first kappa shape index (κ1) is 26.4. The first-order chi connectivity index (χ1) is 18.2. The van der Waals surface area contributed by atoms with Crippen LogP contribution in [-0.4, -0.2) is 54.4 Å². The number of ether oxygens (including phenoxy) is 1. The first-order valence-electron chi connectivity index (χ1n) is 13.2. The molecule has 5 rings (SSSR count). The van der Waals surface area contributed by atoms with E-state index in [1.807, 2.05) is 45.0 Å². The highest BCUT2D eigenvalue weighted by Crippen LogP contribution is 2.37. The topological polar surface area (TPSA) is 90.9 Å². The third kappa shape index (κ3) is 5.62. The number of carbonyl (C=O) groups is 2. The molecule has 1 aliphatic carbocycles. The number of hydrogen-bond donors (Lipinski definition) is 3. The minimum absolute atomic E-state index is 0.129. The molecule has 2 amide bonds. The fourth-order valence-corrected chi connectivity index (χ4v) is 6.31. The van der Waals surface area contributed by atoms with E-state index >= 15 is 0 Å². The molecule has 2 aliphatic rings. The van der Waals surface area contributed by atoms with Gasteiger partial charge in [-0.15, -0.1) is 11.3 Å². The van der Waals surface area contributed by atoms with E-state index in [-0.39, 0.29) is 10.3 Å². The Morgan fingerprint density at radius 2 is 1.74 bits per heavy atom. The first-order valence-corrected chi connectivity index (χ1v) is 14.0. The zero-order chi connectivity index (χ0) is 26.9. The normalized spacial score (nSPS) is 18.7. The number of carbonyl (C=O) groups excluding carboxylic acids is 1. The van der Waals surface area contributed by atoms with Crippen LogP contribution in [0.5, 0.6) is 0 Å². The molecule has 2 aromatic carbocycles. The van der Waals surface area contributed by atoms with Gasteiger partial charge in [-0.3, -0.25) is 4.90 Å². The van der Waals surface area contributed by atoms with Crippen molar-refractivity contribution >= 4 is 51.1 Å². The van der Waals surface area contributed by atoms with Gasteiger partial charge in [0.15, 0.2) is 0 Å². The number of urea groups is 1. The summed E-state index contributed by atoms with van der Waals surface area (Å²) in [6.45, 7) is 9.59. The lowest BCUT2D eigenvalue weighted by Gasteiger charge is -2.35. The number of thiophene rings is 1.